The number of hydrogen-bond donors (Lipinski definition) is 9. The fourth-order valence-electron chi connectivity index (χ4n) is 7.16. The highest BCUT2D eigenvalue weighted by atomic mass is 35.5. The number of primary amides is 1. The van der Waals surface area contributed by atoms with Gasteiger partial charge in [-0.3, -0.25) is 14.4 Å². The maximum Gasteiger partial charge on any atom is 0.409 e. The lowest BCUT2D eigenvalue weighted by Crippen LogP contribution is -2.57. The Morgan fingerprint density at radius 2 is 1.35 bits per heavy atom. The van der Waals surface area contributed by atoms with Crippen molar-refractivity contribution in [3.63, 3.8) is 0 Å². The van der Waals surface area contributed by atoms with Crippen molar-refractivity contribution in [2.45, 2.75) is 82.4 Å². The number of urea groups is 1. The monoisotopic (exact) mass is 878 g/mol. The van der Waals surface area contributed by atoms with E-state index in [1.807, 2.05) is 36.4 Å². The van der Waals surface area contributed by atoms with Crippen molar-refractivity contribution in [2.75, 3.05) is 32.1 Å². The van der Waals surface area contributed by atoms with Gasteiger partial charge in [0.1, 0.15) is 24.7 Å². The number of rotatable bonds is 22. The molecule has 0 aliphatic heterocycles. The van der Waals surface area contributed by atoms with Crippen LogP contribution in [-0.4, -0.2) is 102 Å². The molecule has 62 heavy (non-hydrogen) atoms. The second kappa shape index (κ2) is 23.4. The third-order valence-corrected chi connectivity index (χ3v) is 10.6. The number of amides is 8. The van der Waals surface area contributed by atoms with Crippen LogP contribution in [-0.2, 0) is 31.5 Å². The summed E-state index contributed by atoms with van der Waals surface area (Å²) < 4.78 is 5.83. The lowest BCUT2D eigenvalue weighted by atomic mass is 9.98. The third-order valence-electron chi connectivity index (χ3n) is 10.3. The zero-order valence-electron chi connectivity index (χ0n) is 34.9. The Morgan fingerprint density at radius 3 is 1.95 bits per heavy atom. The van der Waals surface area contributed by atoms with Crippen LogP contribution >= 0.6 is 11.6 Å². The number of alkyl halides is 1. The summed E-state index contributed by atoms with van der Waals surface area (Å²) in [6, 6.07) is 16.7. The molecule has 4 rings (SSSR count). The molecule has 1 aliphatic carbocycles. The van der Waals surface area contributed by atoms with E-state index in [4.69, 9.17) is 27.2 Å². The molecule has 334 valence electrons. The predicted molar refractivity (Wildman–Crippen MR) is 232 cm³/mol. The molecule has 3 aromatic rings. The zero-order valence-corrected chi connectivity index (χ0v) is 35.6. The summed E-state index contributed by atoms with van der Waals surface area (Å²) in [5, 5.41) is 33.0. The minimum atomic E-state index is -1.47. The minimum Gasteiger partial charge on any atom is -0.465 e. The zero-order chi connectivity index (χ0) is 45.3. The number of benzene rings is 3. The van der Waals surface area contributed by atoms with Crippen molar-refractivity contribution in [3.8, 4) is 11.1 Å². The van der Waals surface area contributed by atoms with E-state index < -0.39 is 66.1 Å². The predicted octanol–water partition coefficient (Wildman–Crippen LogP) is 4.89. The van der Waals surface area contributed by atoms with Gasteiger partial charge in [0.25, 0.3) is 0 Å². The van der Waals surface area contributed by atoms with Gasteiger partial charge in [0.2, 0.25) is 17.7 Å². The van der Waals surface area contributed by atoms with Gasteiger partial charge < -0.3 is 57.5 Å². The number of ether oxygens (including phenoxy) is 1. The highest BCUT2D eigenvalue weighted by Gasteiger charge is 2.32. The van der Waals surface area contributed by atoms with Crippen LogP contribution in [0.5, 0.6) is 0 Å². The Labute approximate surface area is 364 Å². The molecule has 0 saturated carbocycles. The normalized spacial score (nSPS) is 13.0. The summed E-state index contributed by atoms with van der Waals surface area (Å²) >= 11 is 6.29. The highest BCUT2D eigenvalue weighted by Crippen LogP contribution is 2.44. The number of nitrogens with two attached hydrogens (primary N) is 1. The molecule has 10 N–H and O–H groups in total. The Bertz CT molecular complexity index is 2040. The van der Waals surface area contributed by atoms with Gasteiger partial charge in [0.15, 0.2) is 0 Å². The van der Waals surface area contributed by atoms with E-state index in [1.54, 1.807) is 39.1 Å². The molecule has 3 atom stereocenters. The molecular weight excluding hydrogens is 824 g/mol. The van der Waals surface area contributed by atoms with Crippen molar-refractivity contribution in [1.29, 1.82) is 0 Å². The molecule has 1 aliphatic rings. The Hall–Kier alpha value is -6.56. The first kappa shape index (κ1) is 48.1. The topological polar surface area (TPSA) is 271 Å². The van der Waals surface area contributed by atoms with Gasteiger partial charge in [-0.15, -0.1) is 11.6 Å². The maximum atomic E-state index is 13.9. The third kappa shape index (κ3) is 14.0. The van der Waals surface area contributed by atoms with Crippen molar-refractivity contribution < 1.29 is 48.5 Å². The summed E-state index contributed by atoms with van der Waals surface area (Å²) in [6.07, 6.45) is -2.32. The first-order chi connectivity index (χ1) is 29.6. The summed E-state index contributed by atoms with van der Waals surface area (Å²) in [5.74, 6) is -2.65. The van der Waals surface area contributed by atoms with Crippen LogP contribution in [0, 0.1) is 5.92 Å². The van der Waals surface area contributed by atoms with Crippen LogP contribution in [0.3, 0.4) is 0 Å². The van der Waals surface area contributed by atoms with Crippen LogP contribution in [0.2, 0.25) is 0 Å². The number of unbranched alkanes of at least 4 members (excludes halogenated alkanes) is 1. The van der Waals surface area contributed by atoms with E-state index in [9.17, 15) is 38.7 Å². The first-order valence-electron chi connectivity index (χ1n) is 20.2. The van der Waals surface area contributed by atoms with E-state index in [2.05, 4.69) is 44.0 Å². The quantitative estimate of drug-likeness (QED) is 0.0487. The SMILES string of the molecule is CC(C)C(NC(=O)C(CCCCNC(=O)O)NC(=O)O)C(=O)NC(CCCNC(N)=O)C(=O)Nc1ccc(CCl)c(CN(C)C(=O)OCC2c3ccccc3-c3ccccc32)c1. The van der Waals surface area contributed by atoms with Crippen molar-refractivity contribution in [2.24, 2.45) is 11.7 Å². The number of halogens is 1. The number of nitrogens with zero attached hydrogens (tertiary/aromatic N) is 1. The van der Waals surface area contributed by atoms with Gasteiger partial charge in [-0.25, -0.2) is 19.2 Å². The fraction of sp³-hybridized carbons (Fsp3) is 0.419. The summed E-state index contributed by atoms with van der Waals surface area (Å²) in [7, 11) is 1.59. The molecule has 0 fully saturated rings. The molecule has 0 heterocycles. The molecule has 0 saturated heterocycles. The largest absolute Gasteiger partial charge is 0.465 e. The van der Waals surface area contributed by atoms with Gasteiger partial charge in [0, 0.05) is 44.2 Å². The molecule has 0 aromatic heterocycles. The Balaban J connectivity index is 1.44. The van der Waals surface area contributed by atoms with Crippen LogP contribution in [0.1, 0.15) is 74.1 Å². The number of carboxylic acid groups (broad SMARTS) is 2. The average Bonchev–Trinajstić information content (AvgIpc) is 3.55. The lowest BCUT2D eigenvalue weighted by molar-refractivity contribution is -0.132. The van der Waals surface area contributed by atoms with E-state index in [0.717, 1.165) is 22.3 Å². The van der Waals surface area contributed by atoms with Crippen LogP contribution < -0.4 is 37.6 Å². The van der Waals surface area contributed by atoms with Crippen molar-refractivity contribution >= 4 is 59.3 Å². The van der Waals surface area contributed by atoms with Crippen molar-refractivity contribution in [3.05, 3.63) is 89.0 Å². The van der Waals surface area contributed by atoms with Crippen LogP contribution in [0.25, 0.3) is 11.1 Å². The highest BCUT2D eigenvalue weighted by molar-refractivity contribution is 6.17. The molecule has 3 aromatic carbocycles. The number of nitrogens with one attached hydrogen (secondary N) is 6. The molecule has 3 unspecified atom stereocenters. The maximum absolute atomic E-state index is 13.9. The molecule has 0 spiro atoms. The smallest absolute Gasteiger partial charge is 0.409 e. The molecule has 19 heteroatoms. The number of hydrogen-bond acceptors (Lipinski definition) is 8. The number of anilines is 1. The number of carbonyl (C=O) groups is 7. The van der Waals surface area contributed by atoms with E-state index in [1.165, 1.54) is 4.90 Å². The Morgan fingerprint density at radius 1 is 0.742 bits per heavy atom. The molecular formula is C43H55ClN8O10. The van der Waals surface area contributed by atoms with Crippen LogP contribution in [0.4, 0.5) is 24.9 Å². The molecule has 0 radical (unpaired) electrons. The number of carbonyl (C=O) groups excluding carboxylic acids is 5. The van der Waals surface area contributed by atoms with E-state index in [0.29, 0.717) is 23.2 Å². The molecule has 18 nitrogen and oxygen atoms in total. The Kier molecular flexibility index (Phi) is 18.2. The molecule has 8 amide bonds. The summed E-state index contributed by atoms with van der Waals surface area (Å²) in [5.41, 5.74) is 11.3. The second-order valence-corrected chi connectivity index (χ2v) is 15.5. The van der Waals surface area contributed by atoms with Crippen LogP contribution in [0.15, 0.2) is 66.7 Å². The number of fused-ring (bicyclic) bond motifs is 3. The fourth-order valence-corrected chi connectivity index (χ4v) is 7.42. The van der Waals surface area contributed by atoms with Gasteiger partial charge >= 0.3 is 24.3 Å². The first-order valence-corrected chi connectivity index (χ1v) is 20.8. The van der Waals surface area contributed by atoms with Crippen molar-refractivity contribution in [1.82, 2.24) is 31.5 Å². The second-order valence-electron chi connectivity index (χ2n) is 15.2. The van der Waals surface area contributed by atoms with Gasteiger partial charge in [-0.05, 0) is 83.5 Å². The summed E-state index contributed by atoms with van der Waals surface area (Å²) in [6.45, 7) is 3.74. The van der Waals surface area contributed by atoms with Gasteiger partial charge in [-0.1, -0.05) is 68.4 Å². The summed E-state index contributed by atoms with van der Waals surface area (Å²) in [4.78, 5) is 89.2. The van der Waals surface area contributed by atoms with E-state index >= 15 is 0 Å². The average molecular weight is 879 g/mol. The standard InChI is InChI=1S/C43H55ClN8O10/c1-25(2)36(51-38(54)35(50-42(59)60)15-8-9-19-47-41(57)58)39(55)49-34(16-10-20-46-40(45)56)37(53)48-28-18-17-26(22-44)27(21-28)23-52(3)43(61)62-24-33-31-13-6-4-11-29(31)30-12-5-7-14-32(30)33/h4-7,11-14,17-18,21,25,33-36,47,50H,8-10,15-16,19-20,22-24H2,1-3H3,(H,48,53)(H,49,55)(H,51,54)(H,57,58)(H,59,60)(H3,45,46,56). The van der Waals surface area contributed by atoms with E-state index in [-0.39, 0.29) is 63.7 Å². The van der Waals surface area contributed by atoms with Gasteiger partial charge in [-0.2, -0.15) is 0 Å². The molecule has 0 bridgehead atoms. The minimum absolute atomic E-state index is 0.0236. The lowest BCUT2D eigenvalue weighted by Gasteiger charge is -2.27. The van der Waals surface area contributed by atoms with Gasteiger partial charge in [0.05, 0.1) is 0 Å².